The molecule has 16 heavy (non-hydrogen) atoms. The van der Waals surface area contributed by atoms with Gasteiger partial charge in [0.25, 0.3) is 0 Å². The Balaban J connectivity index is 2.73. The quantitative estimate of drug-likeness (QED) is 0.473. The van der Waals surface area contributed by atoms with Gasteiger partial charge in [0.15, 0.2) is 6.29 Å². The number of nitrogens with two attached hydrogens (primary N) is 1. The second-order valence-electron chi connectivity index (χ2n) is 3.41. The zero-order valence-electron chi connectivity index (χ0n) is 9.44. The van der Waals surface area contributed by atoms with Crippen molar-refractivity contribution in [3.05, 3.63) is 34.3 Å². The van der Waals surface area contributed by atoms with Gasteiger partial charge in [-0.25, -0.2) is 0 Å². The molecule has 1 unspecified atom stereocenters. The summed E-state index contributed by atoms with van der Waals surface area (Å²) in [6.45, 7) is 0. The average molecular weight is 289 g/mol. The molecule has 3 N–H and O–H groups in total. The second kappa shape index (κ2) is 6.98. The Bertz CT molecular complexity index is 319. The van der Waals surface area contributed by atoms with E-state index in [9.17, 15) is 0 Å². The molecule has 0 radical (unpaired) electrons. The molecule has 1 aromatic rings. The van der Waals surface area contributed by atoms with Crippen LogP contribution in [0.15, 0.2) is 28.7 Å². The number of nitrogens with one attached hydrogen (secondary N) is 1. The maximum atomic E-state index is 5.50. The lowest BCUT2D eigenvalue weighted by Crippen LogP contribution is -2.47. The first-order chi connectivity index (χ1) is 7.72. The molecule has 1 rings (SSSR count). The number of rotatable bonds is 6. The van der Waals surface area contributed by atoms with Crippen LogP contribution in [-0.4, -0.2) is 26.6 Å². The first kappa shape index (κ1) is 13.6. The molecular weight excluding hydrogens is 272 g/mol. The fourth-order valence-corrected chi connectivity index (χ4v) is 2.01. The predicted octanol–water partition coefficient (Wildman–Crippen LogP) is 1.44. The highest BCUT2D eigenvalue weighted by atomic mass is 79.9. The molecule has 0 aliphatic carbocycles. The largest absolute Gasteiger partial charge is 0.354 e. The molecule has 0 aliphatic rings. The van der Waals surface area contributed by atoms with Crippen LogP contribution in [0.1, 0.15) is 5.56 Å². The first-order valence-corrected chi connectivity index (χ1v) is 5.77. The van der Waals surface area contributed by atoms with Crippen molar-refractivity contribution < 1.29 is 9.47 Å². The zero-order chi connectivity index (χ0) is 12.0. The van der Waals surface area contributed by atoms with Crippen LogP contribution in [0, 0.1) is 0 Å². The van der Waals surface area contributed by atoms with Crippen LogP contribution in [0.5, 0.6) is 0 Å². The van der Waals surface area contributed by atoms with E-state index in [1.165, 1.54) is 0 Å². The first-order valence-electron chi connectivity index (χ1n) is 4.98. The van der Waals surface area contributed by atoms with Crippen molar-refractivity contribution in [3.8, 4) is 0 Å². The van der Waals surface area contributed by atoms with Crippen molar-refractivity contribution in [1.82, 2.24) is 5.43 Å². The number of halogens is 1. The highest BCUT2D eigenvalue weighted by Gasteiger charge is 2.20. The second-order valence-corrected chi connectivity index (χ2v) is 4.26. The molecule has 0 fully saturated rings. The highest BCUT2D eigenvalue weighted by Crippen LogP contribution is 2.18. The molecular formula is C11H17BrN2O2. The monoisotopic (exact) mass is 288 g/mol. The summed E-state index contributed by atoms with van der Waals surface area (Å²) >= 11 is 3.50. The Labute approximate surface area is 104 Å². The highest BCUT2D eigenvalue weighted by molar-refractivity contribution is 9.10. The molecule has 5 heteroatoms. The molecule has 0 saturated carbocycles. The number of benzene rings is 1. The maximum absolute atomic E-state index is 5.50. The van der Waals surface area contributed by atoms with E-state index in [0.717, 1.165) is 16.5 Å². The Morgan fingerprint density at radius 1 is 1.31 bits per heavy atom. The molecule has 0 saturated heterocycles. The third kappa shape index (κ3) is 3.54. The zero-order valence-corrected chi connectivity index (χ0v) is 11.0. The van der Waals surface area contributed by atoms with Crippen LogP contribution >= 0.6 is 15.9 Å². The molecule has 0 spiro atoms. The Kier molecular flexibility index (Phi) is 5.94. The lowest BCUT2D eigenvalue weighted by Gasteiger charge is -2.24. The van der Waals surface area contributed by atoms with Crippen molar-refractivity contribution in [2.45, 2.75) is 18.8 Å². The SMILES string of the molecule is COC(OC)C(Cc1ccccc1Br)NN. The van der Waals surface area contributed by atoms with E-state index >= 15 is 0 Å². The van der Waals surface area contributed by atoms with Gasteiger partial charge in [-0.15, -0.1) is 0 Å². The van der Waals surface area contributed by atoms with Crippen molar-refractivity contribution in [2.24, 2.45) is 5.84 Å². The molecule has 0 aliphatic heterocycles. The van der Waals surface area contributed by atoms with Gasteiger partial charge in [-0.05, 0) is 18.1 Å². The summed E-state index contributed by atoms with van der Waals surface area (Å²) in [7, 11) is 3.19. The van der Waals surface area contributed by atoms with Crippen LogP contribution in [0.2, 0.25) is 0 Å². The van der Waals surface area contributed by atoms with Gasteiger partial charge in [-0.2, -0.15) is 0 Å². The van der Waals surface area contributed by atoms with E-state index in [1.54, 1.807) is 14.2 Å². The summed E-state index contributed by atoms with van der Waals surface area (Å²) < 4.78 is 11.4. The van der Waals surface area contributed by atoms with E-state index in [4.69, 9.17) is 15.3 Å². The van der Waals surface area contributed by atoms with Gasteiger partial charge >= 0.3 is 0 Å². The van der Waals surface area contributed by atoms with Gasteiger partial charge in [0, 0.05) is 18.7 Å². The third-order valence-corrected chi connectivity index (χ3v) is 3.18. The summed E-state index contributed by atoms with van der Waals surface area (Å²) in [5.41, 5.74) is 3.87. The van der Waals surface area contributed by atoms with Crippen LogP contribution in [0.4, 0.5) is 0 Å². The average Bonchev–Trinajstić information content (AvgIpc) is 2.31. The van der Waals surface area contributed by atoms with E-state index in [-0.39, 0.29) is 12.3 Å². The van der Waals surface area contributed by atoms with Gasteiger partial charge in [0.05, 0.1) is 6.04 Å². The van der Waals surface area contributed by atoms with Gasteiger partial charge in [0.1, 0.15) is 0 Å². The number of ether oxygens (including phenoxy) is 2. The summed E-state index contributed by atoms with van der Waals surface area (Å²) in [5, 5.41) is 0. The molecule has 0 heterocycles. The number of hydrogen-bond acceptors (Lipinski definition) is 4. The molecule has 1 aromatic carbocycles. The number of hydrazine groups is 1. The summed E-state index contributed by atoms with van der Waals surface area (Å²) in [5.74, 6) is 5.50. The van der Waals surface area contributed by atoms with Crippen LogP contribution in [0.25, 0.3) is 0 Å². The minimum atomic E-state index is -0.364. The normalized spacial score (nSPS) is 13.1. The summed E-state index contributed by atoms with van der Waals surface area (Å²) in [4.78, 5) is 0. The topological polar surface area (TPSA) is 56.5 Å². The van der Waals surface area contributed by atoms with Crippen molar-refractivity contribution in [2.75, 3.05) is 14.2 Å². The molecule has 0 aromatic heterocycles. The van der Waals surface area contributed by atoms with Gasteiger partial charge < -0.3 is 9.47 Å². The van der Waals surface area contributed by atoms with Crippen LogP contribution < -0.4 is 11.3 Å². The molecule has 0 bridgehead atoms. The van der Waals surface area contributed by atoms with Gasteiger partial charge in [-0.1, -0.05) is 34.1 Å². The van der Waals surface area contributed by atoms with E-state index < -0.39 is 0 Å². The van der Waals surface area contributed by atoms with Crippen LogP contribution in [0.3, 0.4) is 0 Å². The van der Waals surface area contributed by atoms with E-state index in [0.29, 0.717) is 0 Å². The van der Waals surface area contributed by atoms with E-state index in [1.807, 2.05) is 24.3 Å². The maximum Gasteiger partial charge on any atom is 0.173 e. The third-order valence-electron chi connectivity index (χ3n) is 2.40. The van der Waals surface area contributed by atoms with Gasteiger partial charge in [0.2, 0.25) is 0 Å². The van der Waals surface area contributed by atoms with Crippen LogP contribution in [-0.2, 0) is 15.9 Å². The molecule has 0 amide bonds. The Morgan fingerprint density at radius 3 is 2.44 bits per heavy atom. The summed E-state index contributed by atoms with van der Waals surface area (Å²) in [6.07, 6.45) is 0.363. The fourth-order valence-electron chi connectivity index (χ4n) is 1.56. The molecule has 4 nitrogen and oxygen atoms in total. The number of methoxy groups -OCH3 is 2. The Morgan fingerprint density at radius 2 is 1.94 bits per heavy atom. The van der Waals surface area contributed by atoms with Crippen molar-refractivity contribution in [3.63, 3.8) is 0 Å². The predicted molar refractivity (Wildman–Crippen MR) is 66.8 cm³/mol. The van der Waals surface area contributed by atoms with Crippen molar-refractivity contribution >= 4 is 15.9 Å². The van der Waals surface area contributed by atoms with Crippen molar-refractivity contribution in [1.29, 1.82) is 0 Å². The smallest absolute Gasteiger partial charge is 0.173 e. The molecule has 90 valence electrons. The molecule has 1 atom stereocenters. The van der Waals surface area contributed by atoms with E-state index in [2.05, 4.69) is 21.4 Å². The van der Waals surface area contributed by atoms with Gasteiger partial charge in [-0.3, -0.25) is 11.3 Å². The summed E-state index contributed by atoms with van der Waals surface area (Å²) in [6, 6.07) is 7.91. The number of hydrogen-bond donors (Lipinski definition) is 2. The standard InChI is InChI=1S/C11H17BrN2O2/c1-15-11(16-2)10(14-13)7-8-5-3-4-6-9(8)12/h3-6,10-11,14H,7,13H2,1-2H3. The lowest BCUT2D eigenvalue weighted by atomic mass is 10.1. The minimum absolute atomic E-state index is 0.0892. The fraction of sp³-hybridized carbons (Fsp3) is 0.455. The lowest BCUT2D eigenvalue weighted by molar-refractivity contribution is -0.122. The Hall–Kier alpha value is -0.460. The minimum Gasteiger partial charge on any atom is -0.354 e.